The summed E-state index contributed by atoms with van der Waals surface area (Å²) in [6.45, 7) is 0.0997. The highest BCUT2D eigenvalue weighted by atomic mass is 19.2. The molecule has 0 spiro atoms. The molecule has 0 radical (unpaired) electrons. The third kappa shape index (κ3) is 2.80. The summed E-state index contributed by atoms with van der Waals surface area (Å²) < 4.78 is 59.4. The van der Waals surface area contributed by atoms with Gasteiger partial charge in [-0.05, 0) is 12.1 Å². The molecular formula is C16H12F4N2O2. The average molecular weight is 340 g/mol. The molecular weight excluding hydrogens is 328 g/mol. The Hall–Kier alpha value is -2.61. The number of carbonyl (C=O) groups is 1. The van der Waals surface area contributed by atoms with Gasteiger partial charge in [-0.3, -0.25) is 4.79 Å². The van der Waals surface area contributed by atoms with Crippen LogP contribution in [0.2, 0.25) is 0 Å². The molecule has 2 aromatic rings. The molecule has 1 heterocycles. The first-order chi connectivity index (χ1) is 11.4. The van der Waals surface area contributed by atoms with Crippen LogP contribution in [0.3, 0.4) is 0 Å². The van der Waals surface area contributed by atoms with E-state index in [1.54, 1.807) is 0 Å². The van der Waals surface area contributed by atoms with Gasteiger partial charge in [0, 0.05) is 35.8 Å². The summed E-state index contributed by atoms with van der Waals surface area (Å²) in [7, 11) is 0. The van der Waals surface area contributed by atoms with Gasteiger partial charge in [0.05, 0.1) is 6.61 Å². The van der Waals surface area contributed by atoms with Gasteiger partial charge in [0.1, 0.15) is 22.9 Å². The fraction of sp³-hybridized carbons (Fsp3) is 0.188. The van der Waals surface area contributed by atoms with Gasteiger partial charge in [0.25, 0.3) is 5.91 Å². The Morgan fingerprint density at radius 2 is 1.83 bits per heavy atom. The van der Waals surface area contributed by atoms with Gasteiger partial charge in [0.2, 0.25) is 0 Å². The average Bonchev–Trinajstić information content (AvgIpc) is 2.50. The van der Waals surface area contributed by atoms with Gasteiger partial charge in [-0.25, -0.2) is 17.6 Å². The second-order valence-electron chi connectivity index (χ2n) is 5.28. The predicted octanol–water partition coefficient (Wildman–Crippen LogP) is 3.28. The summed E-state index contributed by atoms with van der Waals surface area (Å²) in [6, 6.07) is 2.48. The molecule has 0 aliphatic carbocycles. The van der Waals surface area contributed by atoms with Crippen molar-refractivity contribution in [2.45, 2.75) is 12.5 Å². The molecule has 0 saturated heterocycles. The zero-order valence-corrected chi connectivity index (χ0v) is 12.2. The number of hydrogen-bond donors (Lipinski definition) is 2. The molecule has 0 fully saturated rings. The summed E-state index contributed by atoms with van der Waals surface area (Å²) in [5, 5.41) is 2.22. The Morgan fingerprint density at radius 3 is 2.54 bits per heavy atom. The third-order valence-corrected chi connectivity index (χ3v) is 3.67. The number of fused-ring (bicyclic) bond motifs is 1. The van der Waals surface area contributed by atoms with Crippen LogP contribution in [0.25, 0.3) is 0 Å². The second kappa shape index (κ2) is 6.12. The van der Waals surface area contributed by atoms with Gasteiger partial charge in [-0.15, -0.1) is 0 Å². The Morgan fingerprint density at radius 1 is 1.08 bits per heavy atom. The van der Waals surface area contributed by atoms with Crippen LogP contribution in [0.5, 0.6) is 5.75 Å². The summed E-state index contributed by atoms with van der Waals surface area (Å²) in [5.74, 6) is -5.56. The summed E-state index contributed by atoms with van der Waals surface area (Å²) in [4.78, 5) is 12.3. The van der Waals surface area contributed by atoms with Gasteiger partial charge in [0.15, 0.2) is 11.6 Å². The maximum Gasteiger partial charge on any atom is 0.262 e. The van der Waals surface area contributed by atoms with Crippen molar-refractivity contribution >= 4 is 11.6 Å². The van der Waals surface area contributed by atoms with Crippen molar-refractivity contribution in [3.8, 4) is 5.75 Å². The van der Waals surface area contributed by atoms with Crippen LogP contribution >= 0.6 is 0 Å². The molecule has 0 aromatic heterocycles. The monoisotopic (exact) mass is 340 g/mol. The van der Waals surface area contributed by atoms with E-state index in [2.05, 4.69) is 5.32 Å². The van der Waals surface area contributed by atoms with Crippen LogP contribution in [-0.2, 0) is 0 Å². The highest BCUT2D eigenvalue weighted by Crippen LogP contribution is 2.37. The van der Waals surface area contributed by atoms with Crippen LogP contribution < -0.4 is 15.8 Å². The maximum atomic E-state index is 14.1. The van der Waals surface area contributed by atoms with E-state index >= 15 is 0 Å². The first-order valence-corrected chi connectivity index (χ1v) is 7.05. The lowest BCUT2D eigenvalue weighted by Crippen LogP contribution is -2.26. The number of rotatable bonds is 2. The van der Waals surface area contributed by atoms with Crippen molar-refractivity contribution in [3.63, 3.8) is 0 Å². The number of anilines is 1. The topological polar surface area (TPSA) is 64.3 Å². The first-order valence-electron chi connectivity index (χ1n) is 7.05. The normalized spacial score (nSPS) is 16.3. The lowest BCUT2D eigenvalue weighted by Gasteiger charge is -2.25. The number of nitrogens with two attached hydrogens (primary N) is 1. The van der Waals surface area contributed by atoms with E-state index in [0.717, 1.165) is 18.2 Å². The number of carbonyl (C=O) groups excluding carboxylic acids is 1. The first kappa shape index (κ1) is 16.3. The highest BCUT2D eigenvalue weighted by Gasteiger charge is 2.30. The molecule has 1 amide bonds. The fourth-order valence-electron chi connectivity index (χ4n) is 2.52. The largest absolute Gasteiger partial charge is 0.492 e. The van der Waals surface area contributed by atoms with Crippen LogP contribution in [0.4, 0.5) is 23.2 Å². The maximum absolute atomic E-state index is 14.1. The Kier molecular flexibility index (Phi) is 4.15. The molecule has 1 aliphatic heterocycles. The quantitative estimate of drug-likeness (QED) is 0.825. The summed E-state index contributed by atoms with van der Waals surface area (Å²) in [6.07, 6.45) is 0.319. The zero-order valence-electron chi connectivity index (χ0n) is 12.2. The van der Waals surface area contributed by atoms with Crippen LogP contribution in [-0.4, -0.2) is 12.5 Å². The molecule has 0 unspecified atom stereocenters. The lowest BCUT2D eigenvalue weighted by molar-refractivity contribution is 0.101. The number of amides is 1. The third-order valence-electron chi connectivity index (χ3n) is 3.67. The van der Waals surface area contributed by atoms with E-state index in [1.807, 2.05) is 0 Å². The van der Waals surface area contributed by atoms with Gasteiger partial charge < -0.3 is 15.8 Å². The van der Waals surface area contributed by atoms with E-state index in [-0.39, 0.29) is 23.6 Å². The lowest BCUT2D eigenvalue weighted by atomic mass is 9.96. The molecule has 2 aromatic carbocycles. The standard InChI is InChI=1S/C16H12F4N2O2/c17-8-2-1-7(5-9(8)18)22-16(23)14-11(20)6-10(19)13-12(21)3-4-24-15(13)14/h1-2,5-6,12H,3-4,21H2,(H,22,23)/t12-/m0/s1. The number of hydrogen-bond acceptors (Lipinski definition) is 3. The molecule has 1 aliphatic rings. The SMILES string of the molecule is N[C@H]1CCOc2c(C(=O)Nc3ccc(F)c(F)c3)c(F)cc(F)c21. The predicted molar refractivity (Wildman–Crippen MR) is 77.7 cm³/mol. The molecule has 0 saturated carbocycles. The van der Waals surface area contributed by atoms with E-state index in [4.69, 9.17) is 10.5 Å². The summed E-state index contributed by atoms with van der Waals surface area (Å²) in [5.41, 5.74) is 5.08. The molecule has 24 heavy (non-hydrogen) atoms. The Labute approximate surface area is 134 Å². The molecule has 3 N–H and O–H groups in total. The smallest absolute Gasteiger partial charge is 0.262 e. The molecule has 8 heteroatoms. The minimum Gasteiger partial charge on any atom is -0.492 e. The van der Waals surface area contributed by atoms with E-state index in [0.29, 0.717) is 12.5 Å². The number of ether oxygens (including phenoxy) is 1. The van der Waals surface area contributed by atoms with Crippen LogP contribution in [0.15, 0.2) is 24.3 Å². The number of nitrogens with one attached hydrogen (secondary N) is 1. The van der Waals surface area contributed by atoms with Crippen molar-refractivity contribution in [1.82, 2.24) is 0 Å². The molecule has 4 nitrogen and oxygen atoms in total. The Bertz CT molecular complexity index is 826. The van der Waals surface area contributed by atoms with E-state index < -0.39 is 40.8 Å². The minimum absolute atomic E-state index is 0.0851. The molecule has 1 atom stereocenters. The molecule has 3 rings (SSSR count). The number of halogens is 4. The van der Waals surface area contributed by atoms with Gasteiger partial charge in [-0.1, -0.05) is 0 Å². The highest BCUT2D eigenvalue weighted by molar-refractivity contribution is 6.06. The van der Waals surface area contributed by atoms with E-state index in [9.17, 15) is 22.4 Å². The molecule has 0 bridgehead atoms. The fourth-order valence-corrected chi connectivity index (χ4v) is 2.52. The van der Waals surface area contributed by atoms with Crippen molar-refractivity contribution in [2.24, 2.45) is 5.73 Å². The second-order valence-corrected chi connectivity index (χ2v) is 5.28. The number of benzene rings is 2. The van der Waals surface area contributed by atoms with Crippen LogP contribution in [0.1, 0.15) is 28.4 Å². The van der Waals surface area contributed by atoms with Gasteiger partial charge in [-0.2, -0.15) is 0 Å². The van der Waals surface area contributed by atoms with Crippen molar-refractivity contribution < 1.29 is 27.1 Å². The van der Waals surface area contributed by atoms with Crippen molar-refractivity contribution in [1.29, 1.82) is 0 Å². The molecule has 126 valence electrons. The van der Waals surface area contributed by atoms with Gasteiger partial charge >= 0.3 is 0 Å². The van der Waals surface area contributed by atoms with Crippen molar-refractivity contribution in [2.75, 3.05) is 11.9 Å². The van der Waals surface area contributed by atoms with E-state index in [1.165, 1.54) is 0 Å². The Balaban J connectivity index is 2.01. The minimum atomic E-state index is -1.17. The van der Waals surface area contributed by atoms with Crippen molar-refractivity contribution in [3.05, 3.63) is 58.7 Å². The zero-order chi connectivity index (χ0) is 17.4. The van der Waals surface area contributed by atoms with Crippen LogP contribution in [0, 0.1) is 23.3 Å². The summed E-state index contributed by atoms with van der Waals surface area (Å²) >= 11 is 0.